The first kappa shape index (κ1) is 15.2. The highest BCUT2D eigenvalue weighted by Crippen LogP contribution is 2.48. The number of methoxy groups -OCH3 is 1. The molecule has 0 heterocycles. The average Bonchev–Trinajstić information content (AvgIpc) is 3.10. The Bertz CT molecular complexity index is 561. The third-order valence-electron chi connectivity index (χ3n) is 5.28. The maximum absolute atomic E-state index is 12.3. The fourth-order valence-electron chi connectivity index (χ4n) is 4.11. The maximum Gasteiger partial charge on any atom is 0.319 e. The molecule has 5 nitrogen and oxygen atoms in total. The van der Waals surface area contributed by atoms with E-state index in [0.717, 1.165) is 29.8 Å². The lowest BCUT2D eigenvalue weighted by atomic mass is 9.85. The maximum atomic E-state index is 12.3. The Kier molecular flexibility index (Phi) is 4.25. The van der Waals surface area contributed by atoms with Gasteiger partial charge in [-0.1, -0.05) is 0 Å². The minimum atomic E-state index is -0.190. The molecule has 1 aromatic carbocycles. The summed E-state index contributed by atoms with van der Waals surface area (Å²) in [5.41, 5.74) is 1.74. The van der Waals surface area contributed by atoms with Crippen LogP contribution >= 0.6 is 0 Å². The van der Waals surface area contributed by atoms with E-state index < -0.39 is 0 Å². The molecule has 0 saturated heterocycles. The van der Waals surface area contributed by atoms with Crippen LogP contribution in [0.2, 0.25) is 0 Å². The Morgan fingerprint density at radius 1 is 1.36 bits per heavy atom. The topological polar surface area (TPSA) is 70.6 Å². The molecule has 4 atom stereocenters. The third-order valence-corrected chi connectivity index (χ3v) is 5.28. The summed E-state index contributed by atoms with van der Waals surface area (Å²) in [4.78, 5) is 12.3. The largest absolute Gasteiger partial charge is 0.497 e. The number of aliphatic hydroxyl groups is 1. The number of amides is 2. The lowest BCUT2D eigenvalue weighted by Gasteiger charge is -2.30. The van der Waals surface area contributed by atoms with Gasteiger partial charge in [0.25, 0.3) is 0 Å². The number of aryl methyl sites for hydroxylation is 1. The molecule has 120 valence electrons. The first-order chi connectivity index (χ1) is 10.6. The highest BCUT2D eigenvalue weighted by molar-refractivity contribution is 5.90. The van der Waals surface area contributed by atoms with Crippen molar-refractivity contribution in [1.29, 1.82) is 0 Å². The number of fused-ring (bicyclic) bond motifs is 2. The van der Waals surface area contributed by atoms with Gasteiger partial charge in [0.05, 0.1) is 7.11 Å². The van der Waals surface area contributed by atoms with E-state index in [2.05, 4.69) is 10.6 Å². The molecule has 2 aliphatic rings. The number of carbonyl (C=O) groups is 1. The van der Waals surface area contributed by atoms with Crippen LogP contribution in [0.4, 0.5) is 10.5 Å². The van der Waals surface area contributed by atoms with Crippen molar-refractivity contribution in [2.75, 3.05) is 19.0 Å². The van der Waals surface area contributed by atoms with E-state index in [1.165, 1.54) is 6.42 Å². The summed E-state index contributed by atoms with van der Waals surface area (Å²) >= 11 is 0. The zero-order chi connectivity index (χ0) is 15.7. The second-order valence-electron chi connectivity index (χ2n) is 6.48. The molecule has 3 rings (SSSR count). The summed E-state index contributed by atoms with van der Waals surface area (Å²) in [7, 11) is 1.62. The number of benzene rings is 1. The minimum absolute atomic E-state index is 0.0994. The van der Waals surface area contributed by atoms with E-state index in [4.69, 9.17) is 4.74 Å². The molecule has 0 spiro atoms. The Labute approximate surface area is 131 Å². The molecule has 2 bridgehead atoms. The number of ether oxygens (including phenoxy) is 1. The number of carbonyl (C=O) groups excluding carboxylic acids is 1. The van der Waals surface area contributed by atoms with Crippen molar-refractivity contribution in [1.82, 2.24) is 5.32 Å². The fraction of sp³-hybridized carbons (Fsp3) is 0.588. The molecule has 2 aliphatic carbocycles. The van der Waals surface area contributed by atoms with Crippen molar-refractivity contribution < 1.29 is 14.6 Å². The van der Waals surface area contributed by atoms with Gasteiger partial charge in [0.2, 0.25) is 0 Å². The smallest absolute Gasteiger partial charge is 0.319 e. The third kappa shape index (κ3) is 2.77. The zero-order valence-electron chi connectivity index (χ0n) is 13.1. The zero-order valence-corrected chi connectivity index (χ0v) is 13.1. The average molecular weight is 304 g/mol. The number of nitrogens with one attached hydrogen (secondary N) is 2. The second kappa shape index (κ2) is 6.16. The summed E-state index contributed by atoms with van der Waals surface area (Å²) in [6.45, 7) is 2.10. The molecule has 0 aromatic heterocycles. The van der Waals surface area contributed by atoms with E-state index in [9.17, 15) is 9.90 Å². The molecule has 0 aliphatic heterocycles. The number of rotatable bonds is 4. The Hall–Kier alpha value is -1.75. The van der Waals surface area contributed by atoms with Crippen LogP contribution in [0.1, 0.15) is 24.8 Å². The van der Waals surface area contributed by atoms with Crippen LogP contribution in [0, 0.1) is 24.7 Å². The minimum Gasteiger partial charge on any atom is -0.497 e. The molecule has 0 radical (unpaired) electrons. The van der Waals surface area contributed by atoms with E-state index in [1.807, 2.05) is 25.1 Å². The normalized spacial score (nSPS) is 29.4. The van der Waals surface area contributed by atoms with Crippen LogP contribution in [0.25, 0.3) is 0 Å². The highest BCUT2D eigenvalue weighted by atomic mass is 16.5. The van der Waals surface area contributed by atoms with Gasteiger partial charge in [0.1, 0.15) is 5.75 Å². The molecule has 2 amide bonds. The van der Waals surface area contributed by atoms with E-state index in [-0.39, 0.29) is 24.6 Å². The number of aliphatic hydroxyl groups excluding tert-OH is 1. The Morgan fingerprint density at radius 3 is 2.82 bits per heavy atom. The number of anilines is 1. The number of urea groups is 1. The lowest BCUT2D eigenvalue weighted by molar-refractivity contribution is 0.146. The first-order valence-corrected chi connectivity index (χ1v) is 7.95. The van der Waals surface area contributed by atoms with Crippen molar-refractivity contribution in [3.8, 4) is 5.75 Å². The predicted octanol–water partition coefficient (Wildman–Crippen LogP) is 2.53. The standard InChI is InChI=1S/C17H24N2O3/c1-10-7-13(22-2)5-6-15(10)18-17(21)19-16-12-4-3-11(8-12)14(16)9-20/h5-7,11-12,14,16,20H,3-4,8-9H2,1-2H3,(H2,18,19,21)/t11-,12-,14+,16+/m0/s1. The molecule has 3 N–H and O–H groups in total. The van der Waals surface area contributed by atoms with Crippen LogP contribution in [-0.4, -0.2) is 30.9 Å². The van der Waals surface area contributed by atoms with E-state index in [1.54, 1.807) is 7.11 Å². The van der Waals surface area contributed by atoms with Crippen molar-refractivity contribution >= 4 is 11.7 Å². The summed E-state index contributed by atoms with van der Waals surface area (Å²) in [5.74, 6) is 2.08. The van der Waals surface area contributed by atoms with Crippen LogP contribution in [-0.2, 0) is 0 Å². The number of hydrogen-bond donors (Lipinski definition) is 3. The van der Waals surface area contributed by atoms with Gasteiger partial charge in [-0.2, -0.15) is 0 Å². The van der Waals surface area contributed by atoms with Gasteiger partial charge in [-0.15, -0.1) is 0 Å². The van der Waals surface area contributed by atoms with Crippen molar-refractivity contribution in [3.63, 3.8) is 0 Å². The Morgan fingerprint density at radius 2 is 2.14 bits per heavy atom. The van der Waals surface area contributed by atoms with Crippen molar-refractivity contribution in [3.05, 3.63) is 23.8 Å². The quantitative estimate of drug-likeness (QED) is 0.800. The number of hydrogen-bond acceptors (Lipinski definition) is 3. The van der Waals surface area contributed by atoms with Gasteiger partial charge in [-0.25, -0.2) is 4.79 Å². The van der Waals surface area contributed by atoms with E-state index >= 15 is 0 Å². The van der Waals surface area contributed by atoms with Gasteiger partial charge in [-0.05, 0) is 61.8 Å². The first-order valence-electron chi connectivity index (χ1n) is 7.95. The van der Waals surface area contributed by atoms with Crippen LogP contribution in [0.5, 0.6) is 5.75 Å². The molecular formula is C17H24N2O3. The van der Waals surface area contributed by atoms with Crippen LogP contribution < -0.4 is 15.4 Å². The predicted molar refractivity (Wildman–Crippen MR) is 85.1 cm³/mol. The molecule has 0 unspecified atom stereocenters. The molecule has 22 heavy (non-hydrogen) atoms. The monoisotopic (exact) mass is 304 g/mol. The molecule has 5 heteroatoms. The van der Waals surface area contributed by atoms with Crippen LogP contribution in [0.3, 0.4) is 0 Å². The summed E-state index contributed by atoms with van der Waals surface area (Å²) in [6, 6.07) is 5.48. The van der Waals surface area contributed by atoms with E-state index in [0.29, 0.717) is 11.8 Å². The molecular weight excluding hydrogens is 280 g/mol. The van der Waals surface area contributed by atoms with Crippen molar-refractivity contribution in [2.45, 2.75) is 32.2 Å². The van der Waals surface area contributed by atoms with Gasteiger partial charge in [0.15, 0.2) is 0 Å². The summed E-state index contributed by atoms with van der Waals surface area (Å²) in [6.07, 6.45) is 3.48. The van der Waals surface area contributed by atoms with Crippen LogP contribution in [0.15, 0.2) is 18.2 Å². The van der Waals surface area contributed by atoms with Gasteiger partial charge in [-0.3, -0.25) is 0 Å². The SMILES string of the molecule is COc1ccc(NC(=O)N[C@@H]2[C@H]3CC[C@@H](C3)[C@H]2CO)c(C)c1. The summed E-state index contributed by atoms with van der Waals surface area (Å²) < 4.78 is 5.17. The lowest BCUT2D eigenvalue weighted by Crippen LogP contribution is -2.46. The Balaban J connectivity index is 1.63. The second-order valence-corrected chi connectivity index (χ2v) is 6.48. The highest BCUT2D eigenvalue weighted by Gasteiger charge is 2.47. The molecule has 2 fully saturated rings. The fourth-order valence-corrected chi connectivity index (χ4v) is 4.11. The summed E-state index contributed by atoms with van der Waals surface area (Å²) in [5, 5.41) is 15.6. The molecule has 2 saturated carbocycles. The van der Waals surface area contributed by atoms with Gasteiger partial charge >= 0.3 is 6.03 Å². The molecule has 1 aromatic rings. The van der Waals surface area contributed by atoms with Gasteiger partial charge < -0.3 is 20.5 Å². The van der Waals surface area contributed by atoms with Crippen molar-refractivity contribution in [2.24, 2.45) is 17.8 Å². The van der Waals surface area contributed by atoms with Gasteiger partial charge in [0, 0.05) is 24.3 Å².